The van der Waals surface area contributed by atoms with Crippen LogP contribution in [0.2, 0.25) is 0 Å². The molecule has 0 bridgehead atoms. The second-order valence-corrected chi connectivity index (χ2v) is 4.18. The van der Waals surface area contributed by atoms with Crippen molar-refractivity contribution in [1.29, 1.82) is 0 Å². The number of nitrogen functional groups attached to an aromatic ring is 1. The SMILES string of the molecule is CCN(c1ccccc1)c1cc(NN)nc(COC)n1. The van der Waals surface area contributed by atoms with Gasteiger partial charge in [-0.3, -0.25) is 0 Å². The van der Waals surface area contributed by atoms with Gasteiger partial charge in [0.2, 0.25) is 0 Å². The first-order chi connectivity index (χ1) is 9.78. The van der Waals surface area contributed by atoms with E-state index in [1.807, 2.05) is 36.4 Å². The highest BCUT2D eigenvalue weighted by Gasteiger charge is 2.11. The van der Waals surface area contributed by atoms with Crippen LogP contribution in [0.15, 0.2) is 36.4 Å². The molecule has 0 spiro atoms. The van der Waals surface area contributed by atoms with E-state index in [1.54, 1.807) is 7.11 Å². The first-order valence-electron chi connectivity index (χ1n) is 6.44. The Hall–Kier alpha value is -2.18. The number of nitrogens with two attached hydrogens (primary N) is 1. The van der Waals surface area contributed by atoms with E-state index in [4.69, 9.17) is 10.6 Å². The van der Waals surface area contributed by atoms with Crippen LogP contribution in [0.1, 0.15) is 12.7 Å². The largest absolute Gasteiger partial charge is 0.377 e. The van der Waals surface area contributed by atoms with Crippen molar-refractivity contribution >= 4 is 17.3 Å². The van der Waals surface area contributed by atoms with Crippen molar-refractivity contribution in [1.82, 2.24) is 9.97 Å². The lowest BCUT2D eigenvalue weighted by Gasteiger charge is -2.23. The lowest BCUT2D eigenvalue weighted by Crippen LogP contribution is -2.20. The van der Waals surface area contributed by atoms with Crippen molar-refractivity contribution in [2.45, 2.75) is 13.5 Å². The van der Waals surface area contributed by atoms with Crippen LogP contribution in [-0.2, 0) is 11.3 Å². The van der Waals surface area contributed by atoms with Crippen molar-refractivity contribution in [3.05, 3.63) is 42.2 Å². The molecule has 0 saturated heterocycles. The van der Waals surface area contributed by atoms with Gasteiger partial charge in [0.1, 0.15) is 18.2 Å². The minimum Gasteiger partial charge on any atom is -0.377 e. The Balaban J connectivity index is 2.40. The average molecular weight is 273 g/mol. The molecule has 2 aromatic rings. The van der Waals surface area contributed by atoms with Crippen LogP contribution in [0.25, 0.3) is 0 Å². The maximum atomic E-state index is 5.46. The number of nitrogens with one attached hydrogen (secondary N) is 1. The van der Waals surface area contributed by atoms with E-state index in [-0.39, 0.29) is 0 Å². The number of aromatic nitrogens is 2. The third-order valence-electron chi connectivity index (χ3n) is 2.84. The third kappa shape index (κ3) is 3.23. The molecule has 0 aliphatic carbocycles. The van der Waals surface area contributed by atoms with Crippen molar-refractivity contribution in [2.24, 2.45) is 5.84 Å². The van der Waals surface area contributed by atoms with E-state index < -0.39 is 0 Å². The summed E-state index contributed by atoms with van der Waals surface area (Å²) in [5, 5.41) is 0. The first kappa shape index (κ1) is 14.2. The van der Waals surface area contributed by atoms with Crippen LogP contribution in [0.4, 0.5) is 17.3 Å². The molecule has 0 atom stereocenters. The van der Waals surface area contributed by atoms with Gasteiger partial charge in [-0.05, 0) is 19.1 Å². The Morgan fingerprint density at radius 2 is 2.00 bits per heavy atom. The summed E-state index contributed by atoms with van der Waals surface area (Å²) in [5.74, 6) is 7.41. The summed E-state index contributed by atoms with van der Waals surface area (Å²) in [6, 6.07) is 11.9. The zero-order valence-electron chi connectivity index (χ0n) is 11.7. The Labute approximate surface area is 118 Å². The Morgan fingerprint density at radius 1 is 1.25 bits per heavy atom. The smallest absolute Gasteiger partial charge is 0.158 e. The van der Waals surface area contributed by atoms with Gasteiger partial charge in [-0.15, -0.1) is 0 Å². The Bertz CT molecular complexity index is 547. The lowest BCUT2D eigenvalue weighted by molar-refractivity contribution is 0.178. The fraction of sp³-hybridized carbons (Fsp3) is 0.286. The maximum Gasteiger partial charge on any atom is 0.158 e. The molecule has 20 heavy (non-hydrogen) atoms. The van der Waals surface area contributed by atoms with Crippen LogP contribution in [-0.4, -0.2) is 23.6 Å². The summed E-state index contributed by atoms with van der Waals surface area (Å²) in [4.78, 5) is 10.9. The molecule has 1 aromatic heterocycles. The number of para-hydroxylation sites is 1. The van der Waals surface area contributed by atoms with Gasteiger partial charge >= 0.3 is 0 Å². The number of hydrazine groups is 1. The number of rotatable bonds is 6. The quantitative estimate of drug-likeness (QED) is 0.620. The summed E-state index contributed by atoms with van der Waals surface area (Å²) in [6.07, 6.45) is 0. The van der Waals surface area contributed by atoms with Gasteiger partial charge in [0.15, 0.2) is 5.82 Å². The Kier molecular flexibility index (Phi) is 4.86. The second kappa shape index (κ2) is 6.83. The molecular formula is C14H19N5O. The molecule has 106 valence electrons. The van der Waals surface area contributed by atoms with Gasteiger partial charge in [-0.25, -0.2) is 15.8 Å². The molecule has 1 heterocycles. The van der Waals surface area contributed by atoms with Crippen LogP contribution in [0, 0.1) is 0 Å². The number of methoxy groups -OCH3 is 1. The van der Waals surface area contributed by atoms with Crippen molar-refractivity contribution < 1.29 is 4.74 Å². The van der Waals surface area contributed by atoms with Crippen LogP contribution < -0.4 is 16.2 Å². The summed E-state index contributed by atoms with van der Waals surface area (Å²) in [5.41, 5.74) is 3.63. The van der Waals surface area contributed by atoms with Gasteiger partial charge in [-0.2, -0.15) is 0 Å². The number of benzene rings is 1. The van der Waals surface area contributed by atoms with Crippen LogP contribution >= 0.6 is 0 Å². The number of anilines is 3. The molecule has 6 nitrogen and oxygen atoms in total. The minimum atomic E-state index is 0.342. The maximum absolute atomic E-state index is 5.46. The monoisotopic (exact) mass is 273 g/mol. The molecule has 0 unspecified atom stereocenters. The standard InChI is InChI=1S/C14H19N5O/c1-3-19(11-7-5-4-6-8-11)14-9-12(18-15)16-13(17-14)10-20-2/h4-9H,3,10,15H2,1-2H3,(H,16,17,18). The van der Waals surface area contributed by atoms with Gasteiger partial charge in [0.05, 0.1) is 0 Å². The van der Waals surface area contributed by atoms with Crippen molar-refractivity contribution in [3.63, 3.8) is 0 Å². The van der Waals surface area contributed by atoms with Crippen molar-refractivity contribution in [3.8, 4) is 0 Å². The summed E-state index contributed by atoms with van der Waals surface area (Å²) < 4.78 is 5.09. The molecule has 0 aliphatic heterocycles. The van der Waals surface area contributed by atoms with E-state index in [0.29, 0.717) is 18.2 Å². The van der Waals surface area contributed by atoms with Gasteiger partial charge < -0.3 is 15.1 Å². The van der Waals surface area contributed by atoms with Crippen LogP contribution in [0.5, 0.6) is 0 Å². The lowest BCUT2D eigenvalue weighted by atomic mass is 10.3. The molecule has 1 aromatic carbocycles. The highest BCUT2D eigenvalue weighted by atomic mass is 16.5. The average Bonchev–Trinajstić information content (AvgIpc) is 2.49. The molecule has 2 rings (SSSR count). The molecule has 0 fully saturated rings. The number of nitrogens with zero attached hydrogens (tertiary/aromatic N) is 3. The molecule has 0 radical (unpaired) electrons. The summed E-state index contributed by atoms with van der Waals surface area (Å²) in [7, 11) is 1.61. The zero-order chi connectivity index (χ0) is 14.4. The van der Waals surface area contributed by atoms with Crippen LogP contribution in [0.3, 0.4) is 0 Å². The molecule has 0 amide bonds. The molecular weight excluding hydrogens is 254 g/mol. The van der Waals surface area contributed by atoms with E-state index in [1.165, 1.54) is 0 Å². The highest BCUT2D eigenvalue weighted by Crippen LogP contribution is 2.24. The second-order valence-electron chi connectivity index (χ2n) is 4.18. The van der Waals surface area contributed by atoms with Gasteiger partial charge in [-0.1, -0.05) is 18.2 Å². The summed E-state index contributed by atoms with van der Waals surface area (Å²) in [6.45, 7) is 3.20. The van der Waals surface area contributed by atoms with E-state index in [2.05, 4.69) is 27.2 Å². The highest BCUT2D eigenvalue weighted by molar-refractivity contribution is 5.62. The fourth-order valence-corrected chi connectivity index (χ4v) is 1.97. The molecule has 3 N–H and O–H groups in total. The number of ether oxygens (including phenoxy) is 1. The first-order valence-corrected chi connectivity index (χ1v) is 6.44. The van der Waals surface area contributed by atoms with E-state index in [9.17, 15) is 0 Å². The Morgan fingerprint density at radius 3 is 2.60 bits per heavy atom. The van der Waals surface area contributed by atoms with E-state index in [0.717, 1.165) is 18.1 Å². The van der Waals surface area contributed by atoms with Crippen molar-refractivity contribution in [2.75, 3.05) is 24.0 Å². The molecule has 0 aliphatic rings. The van der Waals surface area contributed by atoms with E-state index >= 15 is 0 Å². The topological polar surface area (TPSA) is 76.3 Å². The number of hydrogen-bond donors (Lipinski definition) is 2. The minimum absolute atomic E-state index is 0.342. The van der Waals surface area contributed by atoms with Gasteiger partial charge in [0, 0.05) is 25.4 Å². The predicted octanol–water partition coefficient (Wildman–Crippen LogP) is 2.07. The molecule has 6 heteroatoms. The zero-order valence-corrected chi connectivity index (χ0v) is 11.7. The predicted molar refractivity (Wildman–Crippen MR) is 79.7 cm³/mol. The van der Waals surface area contributed by atoms with Gasteiger partial charge in [0.25, 0.3) is 0 Å². The third-order valence-corrected chi connectivity index (χ3v) is 2.84. The summed E-state index contributed by atoms with van der Waals surface area (Å²) >= 11 is 0. The molecule has 0 saturated carbocycles. The number of hydrogen-bond acceptors (Lipinski definition) is 6. The fourth-order valence-electron chi connectivity index (χ4n) is 1.97. The normalized spacial score (nSPS) is 10.3.